The third-order valence-electron chi connectivity index (χ3n) is 7.13. The van der Waals surface area contributed by atoms with Gasteiger partial charge in [-0.1, -0.05) is 35.6 Å². The second-order valence-corrected chi connectivity index (χ2v) is 10.2. The standard InChI is InChI=1S/C28H18FN3O4S/c1-3-31-19-7-5-4-6-17(19)28(26(31)35)22-23(33)16-13-15(29)9-11-20(16)36-24(22)25(34)32(28)27-30-18-10-8-14(2)12-21(18)37-27/h4-13H,3H2,1-2H3. The summed E-state index contributed by atoms with van der Waals surface area (Å²) >= 11 is 1.26. The molecule has 2 aromatic heterocycles. The molecule has 7 nitrogen and oxygen atoms in total. The van der Waals surface area contributed by atoms with E-state index < -0.39 is 28.6 Å². The van der Waals surface area contributed by atoms with E-state index in [0.717, 1.165) is 22.4 Å². The van der Waals surface area contributed by atoms with E-state index in [0.29, 0.717) is 23.3 Å². The number of aryl methyl sites for hydroxylation is 1. The molecule has 9 heteroatoms. The number of anilines is 2. The number of aromatic nitrogens is 1. The number of halogens is 1. The zero-order valence-electron chi connectivity index (χ0n) is 19.7. The number of carbonyl (C=O) groups excluding carboxylic acids is 2. The lowest BCUT2D eigenvalue weighted by atomic mass is 9.84. The monoisotopic (exact) mass is 511 g/mol. The van der Waals surface area contributed by atoms with Crippen LogP contribution in [-0.4, -0.2) is 23.3 Å². The van der Waals surface area contributed by atoms with Crippen molar-refractivity contribution in [2.24, 2.45) is 0 Å². The van der Waals surface area contributed by atoms with E-state index in [-0.39, 0.29) is 27.4 Å². The quantitative estimate of drug-likeness (QED) is 0.329. The van der Waals surface area contributed by atoms with Crippen molar-refractivity contribution in [3.63, 3.8) is 0 Å². The first-order valence-electron chi connectivity index (χ1n) is 11.8. The van der Waals surface area contributed by atoms with Crippen LogP contribution in [0, 0.1) is 12.7 Å². The number of para-hydroxylation sites is 1. The Kier molecular flexibility index (Phi) is 4.33. The molecule has 0 saturated carbocycles. The van der Waals surface area contributed by atoms with Crippen LogP contribution >= 0.6 is 11.3 Å². The van der Waals surface area contributed by atoms with Gasteiger partial charge in [0.25, 0.3) is 11.8 Å². The SMILES string of the molecule is CCN1C(=O)C2(c3ccccc31)c1c(oc3ccc(F)cc3c1=O)C(=O)N2c1nc2ccc(C)cc2s1. The summed E-state index contributed by atoms with van der Waals surface area (Å²) in [6.45, 7) is 4.11. The fourth-order valence-electron chi connectivity index (χ4n) is 5.56. The number of carbonyl (C=O) groups is 2. The Morgan fingerprint density at radius 1 is 1.05 bits per heavy atom. The van der Waals surface area contributed by atoms with Gasteiger partial charge in [0.1, 0.15) is 11.4 Å². The topological polar surface area (TPSA) is 83.7 Å². The van der Waals surface area contributed by atoms with E-state index in [1.807, 2.05) is 32.0 Å². The maximum atomic E-state index is 14.4. The van der Waals surface area contributed by atoms with Crippen LogP contribution in [0.25, 0.3) is 21.2 Å². The van der Waals surface area contributed by atoms with Crippen molar-refractivity contribution in [1.82, 2.24) is 4.98 Å². The Morgan fingerprint density at radius 2 is 1.86 bits per heavy atom. The van der Waals surface area contributed by atoms with Crippen molar-refractivity contribution in [3.05, 3.63) is 99.2 Å². The molecule has 1 spiro atoms. The smallest absolute Gasteiger partial charge is 0.297 e. The molecule has 0 N–H and O–H groups in total. The normalized spacial score (nSPS) is 18.5. The highest BCUT2D eigenvalue weighted by Crippen LogP contribution is 2.54. The molecular weight excluding hydrogens is 493 g/mol. The maximum absolute atomic E-state index is 14.4. The maximum Gasteiger partial charge on any atom is 0.297 e. The first-order chi connectivity index (χ1) is 17.9. The third-order valence-corrected chi connectivity index (χ3v) is 8.13. The fourth-order valence-corrected chi connectivity index (χ4v) is 6.68. The summed E-state index contributed by atoms with van der Waals surface area (Å²) in [5.41, 5.74) is 0.276. The highest BCUT2D eigenvalue weighted by molar-refractivity contribution is 7.22. The summed E-state index contributed by atoms with van der Waals surface area (Å²) in [4.78, 5) is 50.1. The fraction of sp³-hybridized carbons (Fsp3) is 0.143. The average molecular weight is 512 g/mol. The second-order valence-electron chi connectivity index (χ2n) is 9.16. The minimum Gasteiger partial charge on any atom is -0.450 e. The number of nitrogens with zero attached hydrogens (tertiary/aromatic N) is 3. The van der Waals surface area contributed by atoms with Crippen LogP contribution < -0.4 is 15.2 Å². The molecule has 0 fully saturated rings. The lowest BCUT2D eigenvalue weighted by Gasteiger charge is -2.32. The summed E-state index contributed by atoms with van der Waals surface area (Å²) in [5, 5.41) is 0.237. The highest BCUT2D eigenvalue weighted by atomic mass is 32.1. The minimum absolute atomic E-state index is 0.0343. The van der Waals surface area contributed by atoms with Gasteiger partial charge in [-0.05, 0) is 55.8 Å². The van der Waals surface area contributed by atoms with Crippen molar-refractivity contribution in [3.8, 4) is 0 Å². The number of hydrogen-bond acceptors (Lipinski definition) is 6. The molecule has 0 saturated heterocycles. The molecule has 1 atom stereocenters. The van der Waals surface area contributed by atoms with Crippen LogP contribution in [-0.2, 0) is 10.3 Å². The van der Waals surface area contributed by atoms with Crippen molar-refractivity contribution in [1.29, 1.82) is 0 Å². The van der Waals surface area contributed by atoms with Crippen LogP contribution in [0.1, 0.15) is 34.2 Å². The summed E-state index contributed by atoms with van der Waals surface area (Å²) in [6.07, 6.45) is 0. The van der Waals surface area contributed by atoms with Crippen LogP contribution in [0.4, 0.5) is 15.2 Å². The van der Waals surface area contributed by atoms with Crippen LogP contribution in [0.3, 0.4) is 0 Å². The minimum atomic E-state index is -1.83. The largest absolute Gasteiger partial charge is 0.450 e. The van der Waals surface area contributed by atoms with Crippen LogP contribution in [0.2, 0.25) is 0 Å². The van der Waals surface area contributed by atoms with Gasteiger partial charge in [0.2, 0.25) is 5.76 Å². The van der Waals surface area contributed by atoms with Gasteiger partial charge >= 0.3 is 0 Å². The predicted molar refractivity (Wildman–Crippen MR) is 139 cm³/mol. The van der Waals surface area contributed by atoms with Crippen molar-refractivity contribution < 1.29 is 18.4 Å². The van der Waals surface area contributed by atoms with Crippen molar-refractivity contribution in [2.75, 3.05) is 16.3 Å². The van der Waals surface area contributed by atoms with Gasteiger partial charge in [-0.2, -0.15) is 0 Å². The third kappa shape index (κ3) is 2.64. The summed E-state index contributed by atoms with van der Waals surface area (Å²) < 4.78 is 21.0. The Morgan fingerprint density at radius 3 is 2.68 bits per heavy atom. The van der Waals surface area contributed by atoms with Gasteiger partial charge in [-0.25, -0.2) is 9.37 Å². The zero-order chi connectivity index (χ0) is 25.6. The van der Waals surface area contributed by atoms with E-state index in [1.165, 1.54) is 22.3 Å². The average Bonchev–Trinajstić information content (AvgIpc) is 3.49. The molecular formula is C28H18FN3O4S. The molecule has 2 aliphatic rings. The molecule has 2 amide bonds. The molecule has 182 valence electrons. The molecule has 2 aliphatic heterocycles. The van der Waals surface area contributed by atoms with E-state index in [4.69, 9.17) is 9.40 Å². The van der Waals surface area contributed by atoms with Gasteiger partial charge < -0.3 is 9.32 Å². The summed E-state index contributed by atoms with van der Waals surface area (Å²) in [6, 6.07) is 16.4. The Bertz CT molecular complexity index is 1890. The second kappa shape index (κ2) is 7.33. The molecule has 5 aromatic rings. The molecule has 0 aliphatic carbocycles. The van der Waals surface area contributed by atoms with Gasteiger partial charge in [-0.3, -0.25) is 19.3 Å². The molecule has 3 aromatic carbocycles. The Balaban J connectivity index is 1.64. The number of rotatable bonds is 2. The molecule has 37 heavy (non-hydrogen) atoms. The summed E-state index contributed by atoms with van der Waals surface area (Å²) in [7, 11) is 0. The lowest BCUT2D eigenvalue weighted by Crippen LogP contribution is -2.53. The molecule has 0 bridgehead atoms. The van der Waals surface area contributed by atoms with E-state index in [2.05, 4.69) is 0 Å². The van der Waals surface area contributed by atoms with Crippen LogP contribution in [0.5, 0.6) is 0 Å². The van der Waals surface area contributed by atoms with Gasteiger partial charge in [0, 0.05) is 12.1 Å². The Labute approximate surface area is 213 Å². The zero-order valence-corrected chi connectivity index (χ0v) is 20.6. The Hall–Kier alpha value is -4.37. The number of likely N-dealkylation sites (N-methyl/N-ethyl adjacent to an activating group) is 1. The molecule has 1 unspecified atom stereocenters. The lowest BCUT2D eigenvalue weighted by molar-refractivity contribution is -0.121. The number of amides is 2. The molecule has 4 heterocycles. The predicted octanol–water partition coefficient (Wildman–Crippen LogP) is 5.12. The molecule has 7 rings (SSSR count). The first-order valence-corrected chi connectivity index (χ1v) is 12.6. The number of fused-ring (bicyclic) bond motifs is 6. The summed E-state index contributed by atoms with van der Waals surface area (Å²) in [5.74, 6) is -1.96. The molecule has 0 radical (unpaired) electrons. The van der Waals surface area contributed by atoms with Crippen molar-refractivity contribution >= 4 is 55.2 Å². The number of hydrogen-bond donors (Lipinski definition) is 0. The number of thiazole rings is 1. The van der Waals surface area contributed by atoms with Crippen LogP contribution in [0.15, 0.2) is 69.9 Å². The van der Waals surface area contributed by atoms with E-state index in [9.17, 15) is 18.8 Å². The highest BCUT2D eigenvalue weighted by Gasteiger charge is 2.66. The first kappa shape index (κ1) is 21.9. The van der Waals surface area contributed by atoms with Gasteiger partial charge in [0.15, 0.2) is 16.1 Å². The van der Waals surface area contributed by atoms with E-state index in [1.54, 1.807) is 29.2 Å². The van der Waals surface area contributed by atoms with Gasteiger partial charge in [0.05, 0.1) is 26.9 Å². The van der Waals surface area contributed by atoms with Crippen molar-refractivity contribution in [2.45, 2.75) is 19.4 Å². The van der Waals surface area contributed by atoms with E-state index >= 15 is 0 Å². The van der Waals surface area contributed by atoms with Gasteiger partial charge in [-0.15, -0.1) is 0 Å². The number of benzene rings is 3.